The summed E-state index contributed by atoms with van der Waals surface area (Å²) in [5.41, 5.74) is 5.87. The van der Waals surface area contributed by atoms with Gasteiger partial charge in [0.1, 0.15) is 5.75 Å². The fraction of sp³-hybridized carbons (Fsp3) is 0.120. The first kappa shape index (κ1) is 19.9. The molecule has 4 rings (SSSR count). The Morgan fingerprint density at radius 2 is 1.80 bits per heavy atom. The lowest BCUT2D eigenvalue weighted by Gasteiger charge is -2.14. The normalized spacial score (nSPS) is 10.8. The van der Waals surface area contributed by atoms with Gasteiger partial charge >= 0.3 is 0 Å². The Morgan fingerprint density at radius 3 is 2.57 bits per heavy atom. The minimum atomic E-state index is -0.250. The van der Waals surface area contributed by atoms with E-state index in [-0.39, 0.29) is 5.91 Å². The van der Waals surface area contributed by atoms with Crippen molar-refractivity contribution in [3.05, 3.63) is 88.4 Å². The molecule has 0 aliphatic carbocycles. The smallest absolute Gasteiger partial charge is 0.256 e. The second-order valence-corrected chi connectivity index (χ2v) is 7.63. The number of halogens is 1. The van der Waals surface area contributed by atoms with Crippen LogP contribution in [0.5, 0.6) is 5.75 Å². The molecule has 0 bridgehead atoms. The number of pyridine rings is 1. The third-order valence-corrected chi connectivity index (χ3v) is 5.26. The molecule has 0 atom stereocenters. The van der Waals surface area contributed by atoms with E-state index in [4.69, 9.17) is 21.3 Å². The summed E-state index contributed by atoms with van der Waals surface area (Å²) in [5, 5.41) is 4.23. The lowest BCUT2D eigenvalue weighted by atomic mass is 9.99. The van der Waals surface area contributed by atoms with Gasteiger partial charge in [-0.15, -0.1) is 0 Å². The second-order valence-electron chi connectivity index (χ2n) is 7.19. The zero-order valence-corrected chi connectivity index (χ0v) is 17.7. The highest BCUT2D eigenvalue weighted by molar-refractivity contribution is 6.31. The van der Waals surface area contributed by atoms with E-state index in [9.17, 15) is 4.79 Å². The molecule has 1 heterocycles. The number of nitrogens with zero attached hydrogens (tertiary/aromatic N) is 1. The van der Waals surface area contributed by atoms with Gasteiger partial charge in [-0.25, -0.2) is 4.98 Å². The number of nitrogens with one attached hydrogen (secondary N) is 1. The number of aryl methyl sites for hydroxylation is 2. The van der Waals surface area contributed by atoms with Crippen molar-refractivity contribution in [2.45, 2.75) is 13.8 Å². The van der Waals surface area contributed by atoms with E-state index in [1.165, 1.54) is 5.56 Å². The van der Waals surface area contributed by atoms with Gasteiger partial charge in [0.15, 0.2) is 0 Å². The molecule has 4 aromatic rings. The van der Waals surface area contributed by atoms with Gasteiger partial charge in [0, 0.05) is 16.0 Å². The van der Waals surface area contributed by atoms with Crippen LogP contribution in [0, 0.1) is 13.8 Å². The van der Waals surface area contributed by atoms with Crippen LogP contribution in [0.4, 0.5) is 5.69 Å². The summed E-state index contributed by atoms with van der Waals surface area (Å²) >= 11 is 6.12. The van der Waals surface area contributed by atoms with Gasteiger partial charge in [0.25, 0.3) is 5.91 Å². The Kier molecular flexibility index (Phi) is 5.42. The maximum atomic E-state index is 13.3. The molecule has 0 radical (unpaired) electrons. The minimum absolute atomic E-state index is 0.250. The largest absolute Gasteiger partial charge is 0.495 e. The average molecular weight is 417 g/mol. The molecule has 150 valence electrons. The molecule has 3 aromatic carbocycles. The van der Waals surface area contributed by atoms with Crippen LogP contribution in [0.3, 0.4) is 0 Å². The quantitative estimate of drug-likeness (QED) is 0.417. The van der Waals surface area contributed by atoms with Crippen molar-refractivity contribution in [2.75, 3.05) is 12.4 Å². The molecule has 5 heteroatoms. The fourth-order valence-corrected chi connectivity index (χ4v) is 3.74. The molecule has 0 aliphatic heterocycles. The molecule has 0 saturated carbocycles. The van der Waals surface area contributed by atoms with Crippen molar-refractivity contribution in [3.63, 3.8) is 0 Å². The summed E-state index contributed by atoms with van der Waals surface area (Å²) in [6, 6.07) is 20.8. The van der Waals surface area contributed by atoms with Crippen LogP contribution in [0.15, 0.2) is 66.7 Å². The number of para-hydroxylation sites is 1. The standard InChI is InChI=1S/C25H21ClN2O2/c1-15-8-10-18(16(2)12-15)22-14-20(19-6-4-5-7-21(19)27-22)25(29)28-23-13-17(26)9-11-24(23)30-3/h4-14H,1-3H3,(H,28,29). The summed E-state index contributed by atoms with van der Waals surface area (Å²) in [4.78, 5) is 18.1. The van der Waals surface area contributed by atoms with E-state index in [1.54, 1.807) is 25.3 Å². The van der Waals surface area contributed by atoms with Crippen LogP contribution in [0.1, 0.15) is 21.5 Å². The van der Waals surface area contributed by atoms with Crippen molar-refractivity contribution < 1.29 is 9.53 Å². The highest BCUT2D eigenvalue weighted by atomic mass is 35.5. The molecule has 0 spiro atoms. The molecule has 0 fully saturated rings. The molecule has 1 amide bonds. The lowest BCUT2D eigenvalue weighted by Crippen LogP contribution is -2.14. The Labute approximate surface area is 180 Å². The van der Waals surface area contributed by atoms with E-state index in [2.05, 4.69) is 31.3 Å². The van der Waals surface area contributed by atoms with Gasteiger partial charge < -0.3 is 10.1 Å². The van der Waals surface area contributed by atoms with Gasteiger partial charge in [-0.3, -0.25) is 4.79 Å². The number of methoxy groups -OCH3 is 1. The van der Waals surface area contributed by atoms with Crippen LogP contribution < -0.4 is 10.1 Å². The third kappa shape index (κ3) is 3.87. The van der Waals surface area contributed by atoms with Gasteiger partial charge in [-0.1, -0.05) is 53.6 Å². The van der Waals surface area contributed by atoms with Crippen LogP contribution in [0.25, 0.3) is 22.2 Å². The zero-order chi connectivity index (χ0) is 21.3. The number of fused-ring (bicyclic) bond motifs is 1. The van der Waals surface area contributed by atoms with E-state index in [1.807, 2.05) is 36.4 Å². The van der Waals surface area contributed by atoms with Crippen LogP contribution in [0.2, 0.25) is 5.02 Å². The first-order valence-electron chi connectivity index (χ1n) is 9.58. The molecule has 1 aromatic heterocycles. The predicted octanol–water partition coefficient (Wildman–Crippen LogP) is 6.43. The Bertz CT molecular complexity index is 1270. The van der Waals surface area contributed by atoms with Crippen LogP contribution >= 0.6 is 11.6 Å². The Hall–Kier alpha value is -3.37. The number of carbonyl (C=O) groups is 1. The van der Waals surface area contributed by atoms with Crippen LogP contribution in [-0.4, -0.2) is 18.0 Å². The summed E-state index contributed by atoms with van der Waals surface area (Å²) < 4.78 is 5.36. The number of benzene rings is 3. The van der Waals surface area contributed by atoms with Gasteiger partial charge in [-0.05, 0) is 49.7 Å². The number of hydrogen-bond acceptors (Lipinski definition) is 3. The molecule has 4 nitrogen and oxygen atoms in total. The van der Waals surface area contributed by atoms with E-state index < -0.39 is 0 Å². The van der Waals surface area contributed by atoms with Gasteiger partial charge in [0.2, 0.25) is 0 Å². The van der Waals surface area contributed by atoms with E-state index in [0.717, 1.165) is 27.7 Å². The maximum Gasteiger partial charge on any atom is 0.256 e. The number of aromatic nitrogens is 1. The van der Waals surface area contributed by atoms with Crippen molar-refractivity contribution >= 4 is 34.1 Å². The number of hydrogen-bond donors (Lipinski definition) is 1. The molecule has 0 aliphatic rings. The topological polar surface area (TPSA) is 51.2 Å². The number of amides is 1. The Balaban J connectivity index is 1.84. The number of ether oxygens (including phenoxy) is 1. The molecular formula is C25H21ClN2O2. The van der Waals surface area contributed by atoms with Crippen molar-refractivity contribution in [2.24, 2.45) is 0 Å². The zero-order valence-electron chi connectivity index (χ0n) is 17.0. The van der Waals surface area contributed by atoms with Crippen molar-refractivity contribution in [1.82, 2.24) is 4.98 Å². The Morgan fingerprint density at radius 1 is 1.00 bits per heavy atom. The van der Waals surface area contributed by atoms with Crippen LogP contribution in [-0.2, 0) is 0 Å². The highest BCUT2D eigenvalue weighted by Gasteiger charge is 2.17. The first-order valence-corrected chi connectivity index (χ1v) is 9.96. The lowest BCUT2D eigenvalue weighted by molar-refractivity contribution is 0.102. The SMILES string of the molecule is COc1ccc(Cl)cc1NC(=O)c1cc(-c2ccc(C)cc2C)nc2ccccc12. The predicted molar refractivity (Wildman–Crippen MR) is 123 cm³/mol. The minimum Gasteiger partial charge on any atom is -0.495 e. The first-order chi connectivity index (χ1) is 14.5. The summed E-state index contributed by atoms with van der Waals surface area (Å²) in [6.07, 6.45) is 0. The number of rotatable bonds is 4. The molecule has 0 saturated heterocycles. The van der Waals surface area contributed by atoms with E-state index >= 15 is 0 Å². The summed E-state index contributed by atoms with van der Waals surface area (Å²) in [7, 11) is 1.55. The fourth-order valence-electron chi connectivity index (χ4n) is 3.57. The summed E-state index contributed by atoms with van der Waals surface area (Å²) in [6.45, 7) is 4.11. The maximum absolute atomic E-state index is 13.3. The average Bonchev–Trinajstić information content (AvgIpc) is 2.73. The van der Waals surface area contributed by atoms with Gasteiger partial charge in [-0.2, -0.15) is 0 Å². The van der Waals surface area contributed by atoms with E-state index in [0.29, 0.717) is 22.0 Å². The summed E-state index contributed by atoms with van der Waals surface area (Å²) in [5.74, 6) is 0.292. The molecule has 1 N–H and O–H groups in total. The second kappa shape index (κ2) is 8.17. The van der Waals surface area contributed by atoms with Gasteiger partial charge in [0.05, 0.1) is 29.6 Å². The highest BCUT2D eigenvalue weighted by Crippen LogP contribution is 2.31. The van der Waals surface area contributed by atoms with Crippen molar-refractivity contribution in [1.29, 1.82) is 0 Å². The number of carbonyl (C=O) groups excluding carboxylic acids is 1. The monoisotopic (exact) mass is 416 g/mol. The molecule has 0 unspecified atom stereocenters. The van der Waals surface area contributed by atoms with Crippen molar-refractivity contribution in [3.8, 4) is 17.0 Å². The third-order valence-electron chi connectivity index (χ3n) is 5.03. The number of anilines is 1. The molecule has 30 heavy (non-hydrogen) atoms. The molecular weight excluding hydrogens is 396 g/mol.